The Kier molecular flexibility index (Phi) is 6.21. The van der Waals surface area contributed by atoms with E-state index in [4.69, 9.17) is 0 Å². The van der Waals surface area contributed by atoms with E-state index in [-0.39, 0.29) is 17.7 Å². The van der Waals surface area contributed by atoms with Crippen molar-refractivity contribution in [1.82, 2.24) is 15.2 Å². The SMILES string of the molecule is C=CCNC(=O)[C@]1(Cc2ccccc2-c2cccnc2)CCCN(C(=O)[C@@H]2C[C@@H]2C)C1. The number of piperidine rings is 1. The van der Waals surface area contributed by atoms with E-state index >= 15 is 0 Å². The third-order valence-electron chi connectivity index (χ3n) is 6.72. The number of carbonyl (C=O) groups is 2. The molecule has 3 atom stereocenters. The van der Waals surface area contributed by atoms with E-state index in [0.29, 0.717) is 25.4 Å². The highest BCUT2D eigenvalue weighted by Gasteiger charge is 2.47. The highest BCUT2D eigenvalue weighted by atomic mass is 16.2. The lowest BCUT2D eigenvalue weighted by atomic mass is 9.73. The fourth-order valence-corrected chi connectivity index (χ4v) is 4.83. The first-order chi connectivity index (χ1) is 15.0. The van der Waals surface area contributed by atoms with E-state index < -0.39 is 5.41 Å². The lowest BCUT2D eigenvalue weighted by molar-refractivity contribution is -0.142. The van der Waals surface area contributed by atoms with Gasteiger partial charge in [0.1, 0.15) is 0 Å². The number of nitrogens with zero attached hydrogens (tertiary/aromatic N) is 2. The van der Waals surface area contributed by atoms with Gasteiger partial charge in [-0.3, -0.25) is 14.6 Å². The number of benzene rings is 1. The van der Waals surface area contributed by atoms with Crippen molar-refractivity contribution >= 4 is 11.8 Å². The largest absolute Gasteiger partial charge is 0.352 e. The summed E-state index contributed by atoms with van der Waals surface area (Å²) in [6.07, 6.45) is 8.48. The van der Waals surface area contributed by atoms with Gasteiger partial charge in [-0.2, -0.15) is 0 Å². The van der Waals surface area contributed by atoms with Crippen LogP contribution in [0.5, 0.6) is 0 Å². The van der Waals surface area contributed by atoms with Gasteiger partial charge >= 0.3 is 0 Å². The van der Waals surface area contributed by atoms with Gasteiger partial charge in [-0.15, -0.1) is 6.58 Å². The topological polar surface area (TPSA) is 62.3 Å². The lowest BCUT2D eigenvalue weighted by Crippen LogP contribution is -2.55. The van der Waals surface area contributed by atoms with Crippen LogP contribution in [0.1, 0.15) is 31.7 Å². The minimum absolute atomic E-state index is 0.00901. The van der Waals surface area contributed by atoms with Crippen LogP contribution in [0.15, 0.2) is 61.4 Å². The first-order valence-corrected chi connectivity index (χ1v) is 11.2. The van der Waals surface area contributed by atoms with Crippen molar-refractivity contribution in [3.05, 3.63) is 67.0 Å². The zero-order chi connectivity index (χ0) is 21.8. The molecule has 1 aromatic carbocycles. The summed E-state index contributed by atoms with van der Waals surface area (Å²) in [5, 5.41) is 3.03. The Bertz CT molecular complexity index is 958. The second-order valence-electron chi connectivity index (χ2n) is 9.04. The van der Waals surface area contributed by atoms with Crippen LogP contribution in [0, 0.1) is 17.3 Å². The molecule has 0 radical (unpaired) electrons. The molecule has 0 unspecified atom stereocenters. The number of hydrogen-bond acceptors (Lipinski definition) is 3. The fraction of sp³-hybridized carbons (Fsp3) is 0.423. The minimum atomic E-state index is -0.645. The average Bonchev–Trinajstić information content (AvgIpc) is 3.54. The molecule has 2 amide bonds. The summed E-state index contributed by atoms with van der Waals surface area (Å²) in [5.74, 6) is 0.822. The zero-order valence-corrected chi connectivity index (χ0v) is 18.2. The molecule has 5 heteroatoms. The van der Waals surface area contributed by atoms with E-state index in [1.807, 2.05) is 35.4 Å². The summed E-state index contributed by atoms with van der Waals surface area (Å²) in [6, 6.07) is 12.2. The van der Waals surface area contributed by atoms with Gasteiger partial charge in [0.15, 0.2) is 0 Å². The van der Waals surface area contributed by atoms with Gasteiger partial charge in [0.05, 0.1) is 5.41 Å². The van der Waals surface area contributed by atoms with Crippen LogP contribution in [0.3, 0.4) is 0 Å². The number of aromatic nitrogens is 1. The molecule has 2 heterocycles. The van der Waals surface area contributed by atoms with E-state index in [1.165, 1.54) is 0 Å². The third-order valence-corrected chi connectivity index (χ3v) is 6.72. The molecule has 4 rings (SSSR count). The summed E-state index contributed by atoms with van der Waals surface area (Å²) in [7, 11) is 0. The Morgan fingerprint density at radius 2 is 2.10 bits per heavy atom. The van der Waals surface area contributed by atoms with Crippen molar-refractivity contribution < 1.29 is 9.59 Å². The molecule has 2 aliphatic rings. The van der Waals surface area contributed by atoms with Gasteiger partial charge in [0, 0.05) is 43.5 Å². The third kappa shape index (κ3) is 4.55. The van der Waals surface area contributed by atoms with Crippen LogP contribution in [0.2, 0.25) is 0 Å². The highest BCUT2D eigenvalue weighted by Crippen LogP contribution is 2.42. The highest BCUT2D eigenvalue weighted by molar-refractivity contribution is 5.86. The average molecular weight is 418 g/mol. The molecule has 1 aromatic heterocycles. The first kappa shape index (κ1) is 21.3. The number of rotatable bonds is 7. The molecule has 1 N–H and O–H groups in total. The predicted molar refractivity (Wildman–Crippen MR) is 122 cm³/mol. The number of nitrogens with one attached hydrogen (secondary N) is 1. The Balaban J connectivity index is 1.66. The van der Waals surface area contributed by atoms with Crippen molar-refractivity contribution in [2.24, 2.45) is 17.3 Å². The maximum absolute atomic E-state index is 13.4. The van der Waals surface area contributed by atoms with E-state index in [0.717, 1.165) is 42.5 Å². The molecule has 31 heavy (non-hydrogen) atoms. The van der Waals surface area contributed by atoms with Gasteiger partial charge in [-0.1, -0.05) is 43.3 Å². The first-order valence-electron chi connectivity index (χ1n) is 11.2. The van der Waals surface area contributed by atoms with Crippen LogP contribution >= 0.6 is 0 Å². The molecular formula is C26H31N3O2. The molecule has 5 nitrogen and oxygen atoms in total. The van der Waals surface area contributed by atoms with Crippen LogP contribution in [0.4, 0.5) is 0 Å². The van der Waals surface area contributed by atoms with Crippen molar-refractivity contribution in [3.8, 4) is 11.1 Å². The fourth-order valence-electron chi connectivity index (χ4n) is 4.83. The minimum Gasteiger partial charge on any atom is -0.352 e. The quantitative estimate of drug-likeness (QED) is 0.696. The van der Waals surface area contributed by atoms with Gasteiger partial charge in [-0.25, -0.2) is 0 Å². The van der Waals surface area contributed by atoms with Crippen molar-refractivity contribution in [1.29, 1.82) is 0 Å². The number of amides is 2. The monoisotopic (exact) mass is 417 g/mol. The second-order valence-corrected chi connectivity index (χ2v) is 9.04. The molecule has 1 saturated carbocycles. The summed E-state index contributed by atoms with van der Waals surface area (Å²) >= 11 is 0. The normalized spacial score (nSPS) is 25.0. The van der Waals surface area contributed by atoms with Crippen LogP contribution < -0.4 is 5.32 Å². The van der Waals surface area contributed by atoms with Crippen LogP contribution in [0.25, 0.3) is 11.1 Å². The summed E-state index contributed by atoms with van der Waals surface area (Å²) in [6.45, 7) is 7.50. The van der Waals surface area contributed by atoms with Crippen LogP contribution in [-0.4, -0.2) is 41.3 Å². The summed E-state index contributed by atoms with van der Waals surface area (Å²) < 4.78 is 0. The summed E-state index contributed by atoms with van der Waals surface area (Å²) in [4.78, 5) is 32.7. The molecule has 1 saturated heterocycles. The summed E-state index contributed by atoms with van der Waals surface area (Å²) in [5.41, 5.74) is 2.59. The number of likely N-dealkylation sites (tertiary alicyclic amines) is 1. The maximum atomic E-state index is 13.4. The predicted octanol–water partition coefficient (Wildman–Crippen LogP) is 3.86. The molecule has 2 aromatic rings. The Hall–Kier alpha value is -2.95. The molecule has 1 aliphatic heterocycles. The molecule has 162 valence electrons. The van der Waals surface area contributed by atoms with E-state index in [2.05, 4.69) is 35.9 Å². The standard InChI is InChI=1S/C26H31N3O2/c1-3-12-28-25(31)26(11-7-14-29(18-26)24(30)23-15-19(23)2)16-20-8-4-5-10-22(20)21-9-6-13-27-17-21/h3-6,8-10,13,17,19,23H,1,7,11-12,14-16,18H2,2H3,(H,28,31)/t19-,23+,26-/m0/s1. The molecule has 2 fully saturated rings. The molecule has 0 bridgehead atoms. The van der Waals surface area contributed by atoms with Gasteiger partial charge in [0.25, 0.3) is 0 Å². The number of carbonyl (C=O) groups excluding carboxylic acids is 2. The maximum Gasteiger partial charge on any atom is 0.228 e. The van der Waals surface area contributed by atoms with Crippen molar-refractivity contribution in [3.63, 3.8) is 0 Å². The smallest absolute Gasteiger partial charge is 0.228 e. The Morgan fingerprint density at radius 3 is 2.81 bits per heavy atom. The Morgan fingerprint density at radius 1 is 1.29 bits per heavy atom. The molecule has 0 spiro atoms. The van der Waals surface area contributed by atoms with Crippen molar-refractivity contribution in [2.75, 3.05) is 19.6 Å². The van der Waals surface area contributed by atoms with Gasteiger partial charge in [0.2, 0.25) is 11.8 Å². The van der Waals surface area contributed by atoms with Crippen molar-refractivity contribution in [2.45, 2.75) is 32.6 Å². The lowest BCUT2D eigenvalue weighted by Gasteiger charge is -2.42. The molecular weight excluding hydrogens is 386 g/mol. The molecule has 1 aliphatic carbocycles. The second kappa shape index (κ2) is 9.04. The van der Waals surface area contributed by atoms with Gasteiger partial charge in [-0.05, 0) is 48.8 Å². The van der Waals surface area contributed by atoms with Gasteiger partial charge < -0.3 is 10.2 Å². The number of pyridine rings is 1. The Labute approximate surface area is 184 Å². The van der Waals surface area contributed by atoms with E-state index in [1.54, 1.807) is 12.3 Å². The van der Waals surface area contributed by atoms with E-state index in [9.17, 15) is 9.59 Å². The van der Waals surface area contributed by atoms with Crippen LogP contribution in [-0.2, 0) is 16.0 Å². The number of hydrogen-bond donors (Lipinski definition) is 1. The zero-order valence-electron chi connectivity index (χ0n) is 18.2.